The van der Waals surface area contributed by atoms with Crippen LogP contribution in [0.4, 0.5) is 0 Å². The van der Waals surface area contributed by atoms with E-state index in [1.54, 1.807) is 6.20 Å². The van der Waals surface area contributed by atoms with Crippen LogP contribution in [0.5, 0.6) is 0 Å². The smallest absolute Gasteiger partial charge is 0.238 e. The molecule has 0 bridgehead atoms. The molecule has 1 amide bonds. The predicted octanol–water partition coefficient (Wildman–Crippen LogP) is 1.69. The van der Waals surface area contributed by atoms with Gasteiger partial charge < -0.3 is 11.1 Å². The fourth-order valence-electron chi connectivity index (χ4n) is 1.21. The zero-order chi connectivity index (χ0) is 12.3. The van der Waals surface area contributed by atoms with Crippen LogP contribution in [-0.2, 0) is 4.79 Å². The second kappa shape index (κ2) is 4.93. The van der Waals surface area contributed by atoms with Crippen molar-refractivity contribution in [2.24, 2.45) is 11.1 Å². The molecule has 0 fully saturated rings. The fraction of sp³-hybridized carbons (Fsp3) is 0.636. The molecule has 1 aromatic rings. The Kier molecular flexibility index (Phi) is 4.04. The molecule has 1 aromatic heterocycles. The van der Waals surface area contributed by atoms with Crippen LogP contribution in [0.3, 0.4) is 0 Å². The van der Waals surface area contributed by atoms with Crippen LogP contribution in [-0.4, -0.2) is 16.9 Å². The molecule has 4 nitrogen and oxygen atoms in total. The molecule has 0 saturated heterocycles. The molecule has 90 valence electrons. The number of thiazole rings is 1. The summed E-state index contributed by atoms with van der Waals surface area (Å²) in [6.45, 7) is 7.76. The Labute approximate surface area is 100 Å². The molecule has 3 N–H and O–H groups in total. The van der Waals surface area contributed by atoms with E-state index in [0.29, 0.717) is 0 Å². The first kappa shape index (κ1) is 13.1. The lowest BCUT2D eigenvalue weighted by atomic mass is 9.87. The Hall–Kier alpha value is -0.940. The normalized spacial score (nSPS) is 15.6. The zero-order valence-corrected chi connectivity index (χ0v) is 11.0. The van der Waals surface area contributed by atoms with Gasteiger partial charge in [-0.2, -0.15) is 0 Å². The highest BCUT2D eigenvalue weighted by Crippen LogP contribution is 2.19. The van der Waals surface area contributed by atoms with Gasteiger partial charge in [-0.3, -0.25) is 4.79 Å². The van der Waals surface area contributed by atoms with Crippen LogP contribution < -0.4 is 11.1 Å². The molecule has 16 heavy (non-hydrogen) atoms. The van der Waals surface area contributed by atoms with Crippen molar-refractivity contribution in [2.75, 3.05) is 0 Å². The van der Waals surface area contributed by atoms with E-state index in [-0.39, 0.29) is 17.4 Å². The third-order valence-corrected chi connectivity index (χ3v) is 3.35. The number of carbonyl (C=O) groups excluding carboxylic acids is 1. The van der Waals surface area contributed by atoms with Crippen molar-refractivity contribution in [3.63, 3.8) is 0 Å². The van der Waals surface area contributed by atoms with Gasteiger partial charge in [0.15, 0.2) is 0 Å². The number of carbonyl (C=O) groups is 1. The summed E-state index contributed by atoms with van der Waals surface area (Å²) < 4.78 is 0. The molecule has 1 rings (SSSR count). The van der Waals surface area contributed by atoms with Gasteiger partial charge in [0.2, 0.25) is 5.91 Å². The minimum Gasteiger partial charge on any atom is -0.346 e. The van der Waals surface area contributed by atoms with Crippen LogP contribution >= 0.6 is 11.3 Å². The van der Waals surface area contributed by atoms with E-state index >= 15 is 0 Å². The number of nitrogens with one attached hydrogen (secondary N) is 1. The second-order valence-electron chi connectivity index (χ2n) is 4.94. The predicted molar refractivity (Wildman–Crippen MR) is 66.1 cm³/mol. The minimum absolute atomic E-state index is 0.0825. The van der Waals surface area contributed by atoms with Gasteiger partial charge in [0.05, 0.1) is 12.1 Å². The molecule has 0 saturated carbocycles. The molecule has 0 aliphatic heterocycles. The minimum atomic E-state index is -0.505. The van der Waals surface area contributed by atoms with Crippen molar-refractivity contribution in [1.29, 1.82) is 0 Å². The average Bonchev–Trinajstić information content (AvgIpc) is 2.67. The topological polar surface area (TPSA) is 68.0 Å². The van der Waals surface area contributed by atoms with E-state index in [1.165, 1.54) is 11.3 Å². The summed E-state index contributed by atoms with van der Waals surface area (Å²) in [6.07, 6.45) is 1.73. The molecule has 2 atom stereocenters. The number of nitrogens with zero attached hydrogens (tertiary/aromatic N) is 1. The SMILES string of the molecule is CC(NC(=O)C(N)C(C)(C)C)c1nccs1. The van der Waals surface area contributed by atoms with Gasteiger partial charge in [-0.25, -0.2) is 4.98 Å². The van der Waals surface area contributed by atoms with E-state index in [2.05, 4.69) is 10.3 Å². The second-order valence-corrected chi connectivity index (χ2v) is 5.87. The lowest BCUT2D eigenvalue weighted by Crippen LogP contribution is -2.49. The van der Waals surface area contributed by atoms with Crippen molar-refractivity contribution < 1.29 is 4.79 Å². The lowest BCUT2D eigenvalue weighted by molar-refractivity contribution is -0.125. The first-order chi connectivity index (χ1) is 7.32. The summed E-state index contributed by atoms with van der Waals surface area (Å²) in [4.78, 5) is 16.0. The Bertz CT molecular complexity index is 343. The third kappa shape index (κ3) is 3.28. The maximum atomic E-state index is 11.8. The van der Waals surface area contributed by atoms with E-state index in [1.807, 2.05) is 33.1 Å². The molecule has 2 unspecified atom stereocenters. The van der Waals surface area contributed by atoms with Crippen molar-refractivity contribution in [3.05, 3.63) is 16.6 Å². The summed E-state index contributed by atoms with van der Waals surface area (Å²) >= 11 is 1.53. The molecule has 0 spiro atoms. The average molecular weight is 241 g/mol. The highest BCUT2D eigenvalue weighted by atomic mass is 32.1. The summed E-state index contributed by atoms with van der Waals surface area (Å²) in [5, 5.41) is 5.66. The van der Waals surface area contributed by atoms with Gasteiger partial charge >= 0.3 is 0 Å². The van der Waals surface area contributed by atoms with Gasteiger partial charge in [-0.1, -0.05) is 20.8 Å². The molecule has 0 aliphatic rings. The Morgan fingerprint density at radius 3 is 2.62 bits per heavy atom. The van der Waals surface area contributed by atoms with E-state index in [0.717, 1.165) is 5.01 Å². The van der Waals surface area contributed by atoms with E-state index < -0.39 is 6.04 Å². The zero-order valence-electron chi connectivity index (χ0n) is 10.2. The largest absolute Gasteiger partial charge is 0.346 e. The summed E-state index contributed by atoms with van der Waals surface area (Å²) in [6, 6.07) is -0.587. The van der Waals surface area contributed by atoms with Gasteiger partial charge in [-0.15, -0.1) is 11.3 Å². The highest BCUT2D eigenvalue weighted by Gasteiger charge is 2.28. The summed E-state index contributed by atoms with van der Waals surface area (Å²) in [5.41, 5.74) is 5.64. The van der Waals surface area contributed by atoms with Gasteiger partial charge in [0.25, 0.3) is 0 Å². The highest BCUT2D eigenvalue weighted by molar-refractivity contribution is 7.09. The van der Waals surface area contributed by atoms with Crippen molar-refractivity contribution in [2.45, 2.75) is 39.8 Å². The monoisotopic (exact) mass is 241 g/mol. The third-order valence-electron chi connectivity index (χ3n) is 2.40. The first-order valence-corrected chi connectivity index (χ1v) is 6.15. The quantitative estimate of drug-likeness (QED) is 0.846. The van der Waals surface area contributed by atoms with E-state index in [9.17, 15) is 4.79 Å². The number of rotatable bonds is 3. The Morgan fingerprint density at radius 2 is 2.19 bits per heavy atom. The van der Waals surface area contributed by atoms with Crippen LogP contribution in [0.2, 0.25) is 0 Å². The van der Waals surface area contributed by atoms with E-state index in [4.69, 9.17) is 5.73 Å². The van der Waals surface area contributed by atoms with Crippen LogP contribution in [0.25, 0.3) is 0 Å². The number of hydrogen-bond acceptors (Lipinski definition) is 4. The molecular formula is C11H19N3OS. The van der Waals surface area contributed by atoms with Crippen molar-refractivity contribution in [3.8, 4) is 0 Å². The van der Waals surface area contributed by atoms with Crippen LogP contribution in [0.15, 0.2) is 11.6 Å². The molecule has 1 heterocycles. The molecule has 0 aromatic carbocycles. The molecule has 0 aliphatic carbocycles. The van der Waals surface area contributed by atoms with Gasteiger partial charge in [0, 0.05) is 11.6 Å². The summed E-state index contributed by atoms with van der Waals surface area (Å²) in [5.74, 6) is -0.129. The number of hydrogen-bond donors (Lipinski definition) is 2. The lowest BCUT2D eigenvalue weighted by Gasteiger charge is -2.27. The van der Waals surface area contributed by atoms with Crippen LogP contribution in [0, 0.1) is 5.41 Å². The fourth-order valence-corrected chi connectivity index (χ4v) is 1.85. The first-order valence-electron chi connectivity index (χ1n) is 5.27. The van der Waals surface area contributed by atoms with Crippen molar-refractivity contribution >= 4 is 17.2 Å². The molecule has 0 radical (unpaired) electrons. The number of aromatic nitrogens is 1. The Morgan fingerprint density at radius 1 is 1.56 bits per heavy atom. The maximum absolute atomic E-state index is 11.8. The number of amides is 1. The molecular weight excluding hydrogens is 222 g/mol. The van der Waals surface area contributed by atoms with Gasteiger partial charge in [-0.05, 0) is 12.3 Å². The molecule has 5 heteroatoms. The Balaban J connectivity index is 2.59. The standard InChI is InChI=1S/C11H19N3OS/c1-7(10-13-5-6-16-10)14-9(15)8(12)11(2,3)4/h5-8H,12H2,1-4H3,(H,14,15). The van der Waals surface area contributed by atoms with Gasteiger partial charge in [0.1, 0.15) is 5.01 Å². The van der Waals surface area contributed by atoms with Crippen LogP contribution in [0.1, 0.15) is 38.7 Å². The van der Waals surface area contributed by atoms with Crippen molar-refractivity contribution in [1.82, 2.24) is 10.3 Å². The summed E-state index contributed by atoms with van der Waals surface area (Å²) in [7, 11) is 0. The number of nitrogens with two attached hydrogens (primary N) is 1. The maximum Gasteiger partial charge on any atom is 0.238 e.